The minimum Gasteiger partial charge on any atom is -0.496 e. The van der Waals surface area contributed by atoms with Crippen molar-refractivity contribution in [3.05, 3.63) is 41.5 Å². The molecule has 9 heteroatoms. The molecule has 0 aliphatic rings. The predicted octanol–water partition coefficient (Wildman–Crippen LogP) is 5.74. The van der Waals surface area contributed by atoms with Crippen LogP contribution in [0.25, 0.3) is 0 Å². The highest BCUT2D eigenvalue weighted by atomic mass is 32.2. The number of carbonyl (C=O) groups is 1. The number of nitrogens with one attached hydrogen (secondary N) is 1. The van der Waals surface area contributed by atoms with E-state index in [9.17, 15) is 13.2 Å². The molecule has 0 fully saturated rings. The van der Waals surface area contributed by atoms with E-state index in [1.54, 1.807) is 33.5 Å². The van der Waals surface area contributed by atoms with Crippen LogP contribution in [-0.2, 0) is 20.2 Å². The molecule has 37 heavy (non-hydrogen) atoms. The van der Waals surface area contributed by atoms with Gasteiger partial charge in [0.25, 0.3) is 0 Å². The van der Waals surface area contributed by atoms with E-state index in [0.29, 0.717) is 22.9 Å². The zero-order valence-corrected chi connectivity index (χ0v) is 24.0. The van der Waals surface area contributed by atoms with Gasteiger partial charge in [0.05, 0.1) is 26.2 Å². The molecule has 3 N–H and O–H groups in total. The Labute approximate surface area is 221 Å². The molecule has 0 bridgehead atoms. The number of sulfonamides is 1. The largest absolute Gasteiger partial charge is 0.496 e. The first-order chi connectivity index (χ1) is 17.3. The van der Waals surface area contributed by atoms with Crippen LogP contribution in [0, 0.1) is 0 Å². The Morgan fingerprint density at radius 1 is 0.946 bits per heavy atom. The summed E-state index contributed by atoms with van der Waals surface area (Å²) in [6, 6.07) is 8.25. The molecule has 0 spiro atoms. The number of ether oxygens (including phenoxy) is 3. The van der Waals surface area contributed by atoms with E-state index in [1.807, 2.05) is 26.8 Å². The van der Waals surface area contributed by atoms with Gasteiger partial charge in [-0.05, 0) is 41.5 Å². The highest BCUT2D eigenvalue weighted by Gasteiger charge is 2.25. The third-order valence-electron chi connectivity index (χ3n) is 6.42. The number of primary sulfonamides is 1. The molecule has 1 unspecified atom stereocenters. The number of nitrogens with two attached hydrogens (primary N) is 1. The smallest absolute Gasteiger partial charge is 0.238 e. The van der Waals surface area contributed by atoms with E-state index < -0.39 is 10.0 Å². The Hall–Kier alpha value is -2.78. The van der Waals surface area contributed by atoms with Gasteiger partial charge in [-0.25, -0.2) is 13.6 Å². The Morgan fingerprint density at radius 3 is 2.11 bits per heavy atom. The number of hydrogen-bond acceptors (Lipinski definition) is 6. The second-order valence-electron chi connectivity index (χ2n) is 10.3. The maximum absolute atomic E-state index is 13.4. The van der Waals surface area contributed by atoms with Crippen LogP contribution in [0.4, 0.5) is 5.69 Å². The molecule has 8 nitrogen and oxygen atoms in total. The normalized spacial score (nSPS) is 12.6. The topological polar surface area (TPSA) is 117 Å². The number of benzene rings is 2. The number of methoxy groups -OCH3 is 3. The maximum Gasteiger partial charge on any atom is 0.238 e. The van der Waals surface area contributed by atoms with Crippen LogP contribution in [0.2, 0.25) is 0 Å². The van der Waals surface area contributed by atoms with E-state index in [0.717, 1.165) is 43.2 Å². The Morgan fingerprint density at radius 2 is 1.57 bits per heavy atom. The molecule has 0 aliphatic carbocycles. The van der Waals surface area contributed by atoms with Crippen molar-refractivity contribution in [1.29, 1.82) is 0 Å². The minimum atomic E-state index is -3.92. The molecule has 0 saturated carbocycles. The van der Waals surface area contributed by atoms with Crippen molar-refractivity contribution in [2.45, 2.75) is 82.4 Å². The highest BCUT2D eigenvalue weighted by molar-refractivity contribution is 7.89. The fourth-order valence-electron chi connectivity index (χ4n) is 4.44. The van der Waals surface area contributed by atoms with Crippen LogP contribution in [0.15, 0.2) is 35.2 Å². The number of rotatable bonds is 13. The molecule has 2 aromatic carbocycles. The van der Waals surface area contributed by atoms with Gasteiger partial charge in [0.15, 0.2) is 11.5 Å². The van der Waals surface area contributed by atoms with Gasteiger partial charge in [-0.2, -0.15) is 0 Å². The van der Waals surface area contributed by atoms with Crippen LogP contribution in [-0.4, -0.2) is 35.7 Å². The predicted molar refractivity (Wildman–Crippen MR) is 147 cm³/mol. The number of anilines is 1. The zero-order valence-electron chi connectivity index (χ0n) is 23.1. The third kappa shape index (κ3) is 8.36. The quantitative estimate of drug-likeness (QED) is 0.317. The van der Waals surface area contributed by atoms with Crippen molar-refractivity contribution < 1.29 is 27.4 Å². The van der Waals surface area contributed by atoms with E-state index in [-0.39, 0.29) is 28.6 Å². The first-order valence-electron chi connectivity index (χ1n) is 12.6. The Kier molecular flexibility index (Phi) is 10.8. The second kappa shape index (κ2) is 13.1. The van der Waals surface area contributed by atoms with E-state index in [4.69, 9.17) is 19.3 Å². The van der Waals surface area contributed by atoms with Crippen molar-refractivity contribution in [2.75, 3.05) is 26.6 Å². The molecular weight excluding hydrogens is 492 g/mol. The number of unbranched alkanes of at least 4 members (excludes halogenated alkanes) is 3. The van der Waals surface area contributed by atoms with Gasteiger partial charge in [-0.1, -0.05) is 59.4 Å². The van der Waals surface area contributed by atoms with E-state index >= 15 is 0 Å². The van der Waals surface area contributed by atoms with Crippen LogP contribution in [0.1, 0.15) is 83.3 Å². The summed E-state index contributed by atoms with van der Waals surface area (Å²) >= 11 is 0. The number of amides is 1. The summed E-state index contributed by atoms with van der Waals surface area (Å²) in [5, 5.41) is 8.32. The molecule has 0 aromatic heterocycles. The average molecular weight is 535 g/mol. The molecule has 206 valence electrons. The van der Waals surface area contributed by atoms with Gasteiger partial charge in [0, 0.05) is 23.7 Å². The van der Waals surface area contributed by atoms with Gasteiger partial charge in [0.1, 0.15) is 5.75 Å². The SMILES string of the molecule is CCCCCCC(CC(=O)Nc1cc(S(N)(=O)=O)ccc1C(C)(C)C)c1cc(OC)c(OC)cc1OC. The standard InChI is InChI=1S/C28H42N2O6S/c1-8-9-10-11-12-19(21-17-25(35-6)26(36-7)18-24(21)34-5)15-27(31)30-23-16-20(37(29,32)33)13-14-22(23)28(2,3)4/h13-14,16-19H,8-12,15H2,1-7H3,(H,30,31)(H2,29,32,33). The minimum absolute atomic E-state index is 0.0477. The van der Waals surface area contributed by atoms with Crippen molar-refractivity contribution in [2.24, 2.45) is 5.14 Å². The van der Waals surface area contributed by atoms with Gasteiger partial charge in [0.2, 0.25) is 15.9 Å². The van der Waals surface area contributed by atoms with Gasteiger partial charge in [-0.15, -0.1) is 0 Å². The lowest BCUT2D eigenvalue weighted by atomic mass is 9.85. The fraction of sp³-hybridized carbons (Fsp3) is 0.536. The zero-order chi connectivity index (χ0) is 27.8. The first kappa shape index (κ1) is 30.4. The molecule has 2 aromatic rings. The lowest BCUT2D eigenvalue weighted by Gasteiger charge is -2.25. The molecule has 0 aliphatic heterocycles. The van der Waals surface area contributed by atoms with Gasteiger partial charge < -0.3 is 19.5 Å². The average Bonchev–Trinajstić information content (AvgIpc) is 2.83. The Bertz CT molecular complexity index is 1170. The van der Waals surface area contributed by atoms with E-state index in [1.165, 1.54) is 12.1 Å². The van der Waals surface area contributed by atoms with Crippen molar-refractivity contribution >= 4 is 21.6 Å². The molecule has 0 saturated heterocycles. The summed E-state index contributed by atoms with van der Waals surface area (Å²) in [5.74, 6) is 1.36. The van der Waals surface area contributed by atoms with Crippen molar-refractivity contribution in [3.8, 4) is 17.2 Å². The maximum atomic E-state index is 13.4. The second-order valence-corrected chi connectivity index (χ2v) is 11.8. The Balaban J connectivity index is 2.45. The summed E-state index contributed by atoms with van der Waals surface area (Å²) in [6.07, 6.45) is 5.22. The van der Waals surface area contributed by atoms with Crippen LogP contribution in [0.5, 0.6) is 17.2 Å². The van der Waals surface area contributed by atoms with Gasteiger partial charge in [-0.3, -0.25) is 4.79 Å². The third-order valence-corrected chi connectivity index (χ3v) is 7.33. The van der Waals surface area contributed by atoms with Gasteiger partial charge >= 0.3 is 0 Å². The molecule has 1 amide bonds. The summed E-state index contributed by atoms with van der Waals surface area (Å²) in [5.41, 5.74) is 1.79. The van der Waals surface area contributed by atoms with Crippen LogP contribution in [0.3, 0.4) is 0 Å². The monoisotopic (exact) mass is 534 g/mol. The lowest BCUT2D eigenvalue weighted by molar-refractivity contribution is -0.116. The van der Waals surface area contributed by atoms with Crippen molar-refractivity contribution in [3.63, 3.8) is 0 Å². The van der Waals surface area contributed by atoms with Crippen LogP contribution < -0.4 is 24.7 Å². The first-order valence-corrected chi connectivity index (χ1v) is 14.2. The summed E-state index contributed by atoms with van der Waals surface area (Å²) in [4.78, 5) is 13.4. The molecule has 1 atom stereocenters. The summed E-state index contributed by atoms with van der Waals surface area (Å²) in [6.45, 7) is 8.16. The molecular formula is C28H42N2O6S. The molecule has 2 rings (SSSR count). The fourth-order valence-corrected chi connectivity index (χ4v) is 4.98. The summed E-state index contributed by atoms with van der Waals surface area (Å²) < 4.78 is 40.6. The molecule has 0 heterocycles. The number of carbonyl (C=O) groups excluding carboxylic acids is 1. The number of hydrogen-bond donors (Lipinski definition) is 2. The molecule has 0 radical (unpaired) electrons. The highest BCUT2D eigenvalue weighted by Crippen LogP contribution is 2.41. The summed E-state index contributed by atoms with van der Waals surface area (Å²) in [7, 11) is 0.804. The van der Waals surface area contributed by atoms with Crippen LogP contribution >= 0.6 is 0 Å². The lowest BCUT2D eigenvalue weighted by Crippen LogP contribution is -2.22. The van der Waals surface area contributed by atoms with E-state index in [2.05, 4.69) is 12.2 Å². The van der Waals surface area contributed by atoms with Crippen molar-refractivity contribution in [1.82, 2.24) is 0 Å².